The summed E-state index contributed by atoms with van der Waals surface area (Å²) in [6.45, 7) is 3.47. The number of ether oxygens (including phenoxy) is 1. The predicted octanol–water partition coefficient (Wildman–Crippen LogP) is -0.0665. The number of hydrogen-bond donors (Lipinski definition) is 1. The Morgan fingerprint density at radius 1 is 1.58 bits per heavy atom. The van der Waals surface area contributed by atoms with E-state index in [4.69, 9.17) is 15.4 Å². The van der Waals surface area contributed by atoms with Gasteiger partial charge in [-0.1, -0.05) is 0 Å². The first-order valence-corrected chi connectivity index (χ1v) is 6.22. The third kappa shape index (κ3) is 2.58. The van der Waals surface area contributed by atoms with E-state index in [0.29, 0.717) is 19.7 Å². The molecule has 1 aliphatic rings. The van der Waals surface area contributed by atoms with Crippen LogP contribution >= 0.6 is 10.7 Å². The van der Waals surface area contributed by atoms with Crippen LogP contribution in [0.1, 0.15) is 6.92 Å². The molecule has 0 aromatic heterocycles. The summed E-state index contributed by atoms with van der Waals surface area (Å²) in [5.41, 5.74) is -0.574. The van der Waals surface area contributed by atoms with Crippen molar-refractivity contribution in [1.29, 1.82) is 0 Å². The molecular weight excluding hydrogens is 202 g/mol. The highest BCUT2D eigenvalue weighted by atomic mass is 35.7. The summed E-state index contributed by atoms with van der Waals surface area (Å²) in [6.07, 6.45) is 0. The number of rotatable bonds is 4. The van der Waals surface area contributed by atoms with E-state index in [1.165, 1.54) is 0 Å². The lowest BCUT2D eigenvalue weighted by atomic mass is 10.00. The highest BCUT2D eigenvalue weighted by Crippen LogP contribution is 2.20. The summed E-state index contributed by atoms with van der Waals surface area (Å²) >= 11 is 0. The van der Waals surface area contributed by atoms with Crippen LogP contribution in [0.3, 0.4) is 0 Å². The van der Waals surface area contributed by atoms with Crippen LogP contribution in [0.4, 0.5) is 0 Å². The molecule has 0 bridgehead atoms. The van der Waals surface area contributed by atoms with Crippen molar-refractivity contribution in [2.75, 3.05) is 25.4 Å². The fourth-order valence-corrected chi connectivity index (χ4v) is 2.78. The van der Waals surface area contributed by atoms with E-state index in [-0.39, 0.29) is 5.75 Å². The zero-order valence-corrected chi connectivity index (χ0v) is 8.41. The molecule has 4 nitrogen and oxygen atoms in total. The summed E-state index contributed by atoms with van der Waals surface area (Å²) in [5.74, 6) is -0.109. The van der Waals surface area contributed by atoms with E-state index >= 15 is 0 Å². The number of halogens is 1. The maximum Gasteiger partial charge on any atom is 0.235 e. The largest absolute Gasteiger partial charge is 0.372 e. The first-order chi connectivity index (χ1) is 5.47. The zero-order valence-electron chi connectivity index (χ0n) is 6.84. The van der Waals surface area contributed by atoms with Gasteiger partial charge in [-0.05, 0) is 6.92 Å². The SMILES string of the molecule is CCOC1(CS(=O)(=O)Cl)CNC1. The van der Waals surface area contributed by atoms with Crippen LogP contribution in [0.15, 0.2) is 0 Å². The van der Waals surface area contributed by atoms with Crippen molar-refractivity contribution in [3.63, 3.8) is 0 Å². The highest BCUT2D eigenvalue weighted by molar-refractivity contribution is 8.13. The van der Waals surface area contributed by atoms with Gasteiger partial charge in [0.05, 0.1) is 5.75 Å². The van der Waals surface area contributed by atoms with Gasteiger partial charge in [0.2, 0.25) is 9.05 Å². The number of hydrogen-bond acceptors (Lipinski definition) is 4. The van der Waals surface area contributed by atoms with Crippen LogP contribution in [-0.2, 0) is 13.8 Å². The fraction of sp³-hybridized carbons (Fsp3) is 1.00. The first kappa shape index (κ1) is 10.2. The van der Waals surface area contributed by atoms with Gasteiger partial charge in [-0.25, -0.2) is 8.42 Å². The van der Waals surface area contributed by atoms with Crippen LogP contribution in [0.25, 0.3) is 0 Å². The second-order valence-electron chi connectivity index (χ2n) is 2.90. The molecule has 0 aromatic rings. The molecule has 0 unspecified atom stereocenters. The second-order valence-corrected chi connectivity index (χ2v) is 5.68. The van der Waals surface area contributed by atoms with Gasteiger partial charge in [-0.3, -0.25) is 0 Å². The van der Waals surface area contributed by atoms with E-state index in [9.17, 15) is 8.42 Å². The molecule has 1 aliphatic heterocycles. The molecule has 0 atom stereocenters. The van der Waals surface area contributed by atoms with Crippen molar-refractivity contribution < 1.29 is 13.2 Å². The van der Waals surface area contributed by atoms with E-state index in [2.05, 4.69) is 5.32 Å². The van der Waals surface area contributed by atoms with Crippen molar-refractivity contribution in [1.82, 2.24) is 5.32 Å². The molecule has 0 aromatic carbocycles. The Hall–Kier alpha value is 0.160. The normalized spacial score (nSPS) is 21.8. The van der Waals surface area contributed by atoms with E-state index in [0.717, 1.165) is 0 Å². The Bertz CT molecular complexity index is 248. The molecule has 1 N–H and O–H groups in total. The lowest BCUT2D eigenvalue weighted by Gasteiger charge is -2.41. The maximum atomic E-state index is 10.8. The Morgan fingerprint density at radius 3 is 2.42 bits per heavy atom. The molecule has 0 amide bonds. The summed E-state index contributed by atoms with van der Waals surface area (Å²) in [7, 11) is 1.67. The predicted molar refractivity (Wildman–Crippen MR) is 46.9 cm³/mol. The van der Waals surface area contributed by atoms with E-state index in [1.54, 1.807) is 0 Å². The molecule has 0 radical (unpaired) electrons. The van der Waals surface area contributed by atoms with Crippen molar-refractivity contribution in [3.05, 3.63) is 0 Å². The van der Waals surface area contributed by atoms with Gasteiger partial charge >= 0.3 is 0 Å². The summed E-state index contributed by atoms with van der Waals surface area (Å²) in [4.78, 5) is 0. The molecule has 1 heterocycles. The van der Waals surface area contributed by atoms with Gasteiger partial charge in [-0.2, -0.15) is 0 Å². The number of nitrogens with one attached hydrogen (secondary N) is 1. The van der Waals surface area contributed by atoms with Crippen LogP contribution in [0.5, 0.6) is 0 Å². The first-order valence-electron chi connectivity index (χ1n) is 3.74. The molecule has 1 saturated heterocycles. The molecule has 6 heteroatoms. The Balaban J connectivity index is 2.56. The quantitative estimate of drug-likeness (QED) is 0.665. The van der Waals surface area contributed by atoms with Gasteiger partial charge in [0.15, 0.2) is 0 Å². The van der Waals surface area contributed by atoms with Crippen molar-refractivity contribution in [2.45, 2.75) is 12.5 Å². The van der Waals surface area contributed by atoms with Crippen LogP contribution in [0, 0.1) is 0 Å². The molecule has 0 spiro atoms. The summed E-state index contributed by atoms with van der Waals surface area (Å²) in [5, 5.41) is 2.96. The molecular formula is C6H12ClNO3S. The minimum absolute atomic E-state index is 0.109. The van der Waals surface area contributed by atoms with E-state index in [1.807, 2.05) is 6.92 Å². The molecule has 0 aliphatic carbocycles. The van der Waals surface area contributed by atoms with Crippen molar-refractivity contribution >= 4 is 19.7 Å². The van der Waals surface area contributed by atoms with Crippen molar-refractivity contribution in [3.8, 4) is 0 Å². The molecule has 1 rings (SSSR count). The second kappa shape index (κ2) is 3.49. The van der Waals surface area contributed by atoms with Gasteiger partial charge in [0, 0.05) is 30.4 Å². The zero-order chi connectivity index (χ0) is 9.24. The average molecular weight is 214 g/mol. The maximum absolute atomic E-state index is 10.8. The Morgan fingerprint density at radius 2 is 2.17 bits per heavy atom. The Labute approximate surface area is 76.7 Å². The molecule has 12 heavy (non-hydrogen) atoms. The van der Waals surface area contributed by atoms with Crippen LogP contribution in [0.2, 0.25) is 0 Å². The topological polar surface area (TPSA) is 55.4 Å². The summed E-state index contributed by atoms with van der Waals surface area (Å²) < 4.78 is 26.9. The highest BCUT2D eigenvalue weighted by Gasteiger charge is 2.41. The van der Waals surface area contributed by atoms with Gasteiger partial charge in [0.1, 0.15) is 5.60 Å². The average Bonchev–Trinajstić information content (AvgIpc) is 1.80. The fourth-order valence-electron chi connectivity index (χ4n) is 1.27. The molecule has 72 valence electrons. The summed E-state index contributed by atoms with van der Waals surface area (Å²) in [6, 6.07) is 0. The van der Waals surface area contributed by atoms with Gasteiger partial charge < -0.3 is 10.1 Å². The lowest BCUT2D eigenvalue weighted by Crippen LogP contribution is -2.64. The van der Waals surface area contributed by atoms with E-state index < -0.39 is 14.7 Å². The third-order valence-electron chi connectivity index (χ3n) is 1.78. The molecule has 0 saturated carbocycles. The standard InChI is InChI=1S/C6H12ClNO3S/c1-2-11-6(3-8-4-6)5-12(7,9)10/h8H,2-5H2,1H3. The minimum atomic E-state index is -3.46. The molecule has 1 fully saturated rings. The lowest BCUT2D eigenvalue weighted by molar-refractivity contribution is -0.0576. The Kier molecular flexibility index (Phi) is 2.98. The smallest absolute Gasteiger partial charge is 0.235 e. The van der Waals surface area contributed by atoms with Crippen LogP contribution < -0.4 is 5.32 Å². The monoisotopic (exact) mass is 213 g/mol. The van der Waals surface area contributed by atoms with Gasteiger partial charge in [-0.15, -0.1) is 0 Å². The third-order valence-corrected chi connectivity index (χ3v) is 2.98. The van der Waals surface area contributed by atoms with Crippen LogP contribution in [-0.4, -0.2) is 39.5 Å². The van der Waals surface area contributed by atoms with Crippen molar-refractivity contribution in [2.24, 2.45) is 0 Å². The minimum Gasteiger partial charge on any atom is -0.372 e. The van der Waals surface area contributed by atoms with Gasteiger partial charge in [0.25, 0.3) is 0 Å².